The summed E-state index contributed by atoms with van der Waals surface area (Å²) in [5, 5.41) is 9.60. The Labute approximate surface area is 156 Å². The minimum Gasteiger partial charge on any atom is -0.492 e. The highest BCUT2D eigenvalue weighted by Gasteiger charge is 2.12. The lowest BCUT2D eigenvalue weighted by atomic mass is 10.1. The number of ether oxygens (including phenoxy) is 1. The Balaban J connectivity index is 1.31. The van der Waals surface area contributed by atoms with E-state index in [1.165, 1.54) is 11.1 Å². The molecule has 26 heavy (non-hydrogen) atoms. The molecule has 2 heterocycles. The fourth-order valence-electron chi connectivity index (χ4n) is 2.77. The minimum absolute atomic E-state index is 0.614. The number of rotatable bonds is 7. The van der Waals surface area contributed by atoms with Crippen molar-refractivity contribution in [1.82, 2.24) is 10.5 Å². The van der Waals surface area contributed by atoms with Crippen LogP contribution in [0.2, 0.25) is 0 Å². The van der Waals surface area contributed by atoms with Crippen molar-refractivity contribution in [3.8, 4) is 17.0 Å². The first-order valence-electron chi connectivity index (χ1n) is 8.62. The van der Waals surface area contributed by atoms with Crippen molar-refractivity contribution in [2.45, 2.75) is 13.5 Å². The molecule has 0 aliphatic carbocycles. The molecule has 0 bridgehead atoms. The Kier molecular flexibility index (Phi) is 5.00. The highest BCUT2D eigenvalue weighted by Crippen LogP contribution is 2.33. The molecule has 4 aromatic rings. The van der Waals surface area contributed by atoms with Crippen molar-refractivity contribution in [3.63, 3.8) is 0 Å². The van der Waals surface area contributed by atoms with Gasteiger partial charge in [0.25, 0.3) is 0 Å². The number of thiophene rings is 1. The predicted molar refractivity (Wildman–Crippen MR) is 106 cm³/mol. The number of nitrogens with zero attached hydrogens (tertiary/aromatic N) is 1. The zero-order valence-corrected chi connectivity index (χ0v) is 15.4. The van der Waals surface area contributed by atoms with Gasteiger partial charge in [-0.1, -0.05) is 47.1 Å². The van der Waals surface area contributed by atoms with E-state index in [2.05, 4.69) is 41.7 Å². The third-order valence-corrected chi connectivity index (χ3v) is 5.09. The molecule has 2 aromatic carbocycles. The zero-order valence-electron chi connectivity index (χ0n) is 14.6. The molecule has 5 heteroatoms. The van der Waals surface area contributed by atoms with E-state index in [0.29, 0.717) is 6.61 Å². The van der Waals surface area contributed by atoms with Crippen LogP contribution in [0.25, 0.3) is 21.5 Å². The Hall–Kier alpha value is -2.63. The first-order chi connectivity index (χ1) is 12.8. The maximum Gasteiger partial charge on any atom is 0.178 e. The summed E-state index contributed by atoms with van der Waals surface area (Å²) >= 11 is 1.64. The Morgan fingerprint density at radius 1 is 1.12 bits per heavy atom. The van der Waals surface area contributed by atoms with Gasteiger partial charge in [-0.3, -0.25) is 0 Å². The molecule has 0 atom stereocenters. The molecule has 2 aromatic heterocycles. The van der Waals surface area contributed by atoms with Crippen molar-refractivity contribution >= 4 is 21.6 Å². The van der Waals surface area contributed by atoms with Gasteiger partial charge in [-0.2, -0.15) is 0 Å². The monoisotopic (exact) mass is 364 g/mol. The summed E-state index contributed by atoms with van der Waals surface area (Å²) in [4.78, 5) is 0. The van der Waals surface area contributed by atoms with E-state index in [-0.39, 0.29) is 0 Å². The van der Waals surface area contributed by atoms with Gasteiger partial charge < -0.3 is 14.6 Å². The van der Waals surface area contributed by atoms with Crippen LogP contribution in [0, 0.1) is 6.92 Å². The van der Waals surface area contributed by atoms with E-state index < -0.39 is 0 Å². The second kappa shape index (κ2) is 7.72. The SMILES string of the molecule is Cc1ccc(CNCCOc2cccc(-c3noc4ccsc34)c2)cc1. The lowest BCUT2D eigenvalue weighted by Gasteiger charge is -2.09. The van der Waals surface area contributed by atoms with Gasteiger partial charge in [0.2, 0.25) is 0 Å². The van der Waals surface area contributed by atoms with Crippen LogP contribution in [0.4, 0.5) is 0 Å². The van der Waals surface area contributed by atoms with E-state index in [1.807, 2.05) is 35.7 Å². The van der Waals surface area contributed by atoms with Gasteiger partial charge >= 0.3 is 0 Å². The van der Waals surface area contributed by atoms with Crippen LogP contribution in [0.1, 0.15) is 11.1 Å². The molecule has 0 saturated heterocycles. The largest absolute Gasteiger partial charge is 0.492 e. The van der Waals surface area contributed by atoms with Gasteiger partial charge in [-0.15, -0.1) is 11.3 Å². The number of aryl methyl sites for hydroxylation is 1. The first-order valence-corrected chi connectivity index (χ1v) is 9.50. The average Bonchev–Trinajstić information content (AvgIpc) is 3.27. The second-order valence-corrected chi connectivity index (χ2v) is 7.10. The van der Waals surface area contributed by atoms with E-state index in [1.54, 1.807) is 11.3 Å². The van der Waals surface area contributed by atoms with E-state index in [9.17, 15) is 0 Å². The molecule has 132 valence electrons. The van der Waals surface area contributed by atoms with Crippen LogP contribution in [0.5, 0.6) is 5.75 Å². The van der Waals surface area contributed by atoms with Gasteiger partial charge in [0, 0.05) is 18.7 Å². The maximum absolute atomic E-state index is 5.88. The number of aromatic nitrogens is 1. The summed E-state index contributed by atoms with van der Waals surface area (Å²) in [7, 11) is 0. The highest BCUT2D eigenvalue weighted by molar-refractivity contribution is 7.17. The summed E-state index contributed by atoms with van der Waals surface area (Å²) in [6, 6.07) is 18.5. The Morgan fingerprint density at radius 3 is 2.88 bits per heavy atom. The third-order valence-electron chi connectivity index (χ3n) is 4.18. The lowest BCUT2D eigenvalue weighted by Crippen LogP contribution is -2.20. The van der Waals surface area contributed by atoms with Gasteiger partial charge in [-0.05, 0) is 36.1 Å². The number of fused-ring (bicyclic) bond motifs is 1. The fourth-order valence-corrected chi connectivity index (χ4v) is 3.59. The average molecular weight is 364 g/mol. The summed E-state index contributed by atoms with van der Waals surface area (Å²) in [5.74, 6) is 0.840. The van der Waals surface area contributed by atoms with Crippen LogP contribution in [-0.2, 0) is 6.54 Å². The normalized spacial score (nSPS) is 11.1. The van der Waals surface area contributed by atoms with Crippen LogP contribution in [-0.4, -0.2) is 18.3 Å². The molecule has 0 aliphatic rings. The number of nitrogens with one attached hydrogen (secondary N) is 1. The predicted octanol–water partition coefficient (Wildman–Crippen LogP) is 5.03. The van der Waals surface area contributed by atoms with Gasteiger partial charge in [0.15, 0.2) is 5.58 Å². The summed E-state index contributed by atoms with van der Waals surface area (Å²) in [5.41, 5.74) is 5.28. The summed E-state index contributed by atoms with van der Waals surface area (Å²) in [6.45, 7) is 4.35. The molecular formula is C21H20N2O2S. The van der Waals surface area contributed by atoms with Crippen LogP contribution in [0.15, 0.2) is 64.5 Å². The number of benzene rings is 2. The van der Waals surface area contributed by atoms with Crippen LogP contribution in [0.3, 0.4) is 0 Å². The van der Waals surface area contributed by atoms with E-state index >= 15 is 0 Å². The molecule has 0 unspecified atom stereocenters. The van der Waals surface area contributed by atoms with Gasteiger partial charge in [0.1, 0.15) is 22.8 Å². The minimum atomic E-state index is 0.614. The van der Waals surface area contributed by atoms with Crippen LogP contribution >= 0.6 is 11.3 Å². The van der Waals surface area contributed by atoms with Crippen molar-refractivity contribution in [2.24, 2.45) is 0 Å². The molecule has 0 saturated carbocycles. The topological polar surface area (TPSA) is 47.3 Å². The van der Waals surface area contributed by atoms with E-state index in [0.717, 1.165) is 40.4 Å². The first kappa shape index (κ1) is 16.8. The molecule has 0 aliphatic heterocycles. The molecule has 0 amide bonds. The molecular weight excluding hydrogens is 344 g/mol. The van der Waals surface area contributed by atoms with Crippen molar-refractivity contribution < 1.29 is 9.26 Å². The number of hydrogen-bond acceptors (Lipinski definition) is 5. The van der Waals surface area contributed by atoms with Gasteiger partial charge in [0.05, 0.1) is 0 Å². The molecule has 0 fully saturated rings. The quantitative estimate of drug-likeness (QED) is 0.467. The summed E-state index contributed by atoms with van der Waals surface area (Å²) < 4.78 is 12.3. The Morgan fingerprint density at radius 2 is 2.00 bits per heavy atom. The molecule has 0 spiro atoms. The van der Waals surface area contributed by atoms with Crippen LogP contribution < -0.4 is 10.1 Å². The number of hydrogen-bond donors (Lipinski definition) is 1. The molecule has 1 N–H and O–H groups in total. The van der Waals surface area contributed by atoms with Gasteiger partial charge in [-0.25, -0.2) is 0 Å². The summed E-state index contributed by atoms with van der Waals surface area (Å²) in [6.07, 6.45) is 0. The highest BCUT2D eigenvalue weighted by atomic mass is 32.1. The smallest absolute Gasteiger partial charge is 0.178 e. The van der Waals surface area contributed by atoms with Crippen molar-refractivity contribution in [1.29, 1.82) is 0 Å². The zero-order chi connectivity index (χ0) is 17.8. The molecule has 4 nitrogen and oxygen atoms in total. The van der Waals surface area contributed by atoms with Crippen molar-refractivity contribution in [3.05, 3.63) is 71.1 Å². The van der Waals surface area contributed by atoms with Crippen molar-refractivity contribution in [2.75, 3.05) is 13.2 Å². The Bertz CT molecular complexity index is 989. The standard InChI is InChI=1S/C21H20N2O2S/c1-15-5-7-16(8-6-15)14-22-10-11-24-18-4-2-3-17(13-18)20-21-19(25-23-20)9-12-26-21/h2-9,12-13,22H,10-11,14H2,1H3. The van der Waals surface area contributed by atoms with E-state index in [4.69, 9.17) is 9.26 Å². The molecule has 4 rings (SSSR count). The second-order valence-electron chi connectivity index (χ2n) is 6.18. The molecule has 0 radical (unpaired) electrons. The fraction of sp³-hybridized carbons (Fsp3) is 0.190. The lowest BCUT2D eigenvalue weighted by molar-refractivity contribution is 0.314. The maximum atomic E-state index is 5.88. The third kappa shape index (κ3) is 3.79.